The van der Waals surface area contributed by atoms with E-state index in [0.717, 1.165) is 27.9 Å². The van der Waals surface area contributed by atoms with Crippen molar-refractivity contribution in [3.63, 3.8) is 0 Å². The third-order valence-electron chi connectivity index (χ3n) is 5.11. The lowest BCUT2D eigenvalue weighted by Gasteiger charge is -2.09. The topological polar surface area (TPSA) is 89.2 Å². The summed E-state index contributed by atoms with van der Waals surface area (Å²) in [5.41, 5.74) is 4.01. The molecule has 0 aliphatic carbocycles. The number of hydrogen-bond donors (Lipinski definition) is 1. The zero-order chi connectivity index (χ0) is 21.6. The first-order valence-electron chi connectivity index (χ1n) is 9.77. The molecule has 3 heterocycles. The molecule has 0 unspecified atom stereocenters. The van der Waals surface area contributed by atoms with Gasteiger partial charge in [0.25, 0.3) is 0 Å². The molecule has 0 aliphatic heterocycles. The van der Waals surface area contributed by atoms with E-state index >= 15 is 0 Å². The van der Waals surface area contributed by atoms with Gasteiger partial charge in [-0.3, -0.25) is 0 Å². The SMILES string of the molecule is CCc1cccc(Nc2nc3c(S(=O)(=O)c4ccc(C)cc4)nnn3c3ccsc23)c1. The summed E-state index contributed by atoms with van der Waals surface area (Å²) in [6.07, 6.45) is 0.919. The molecular formula is C22H19N5O2S2. The lowest BCUT2D eigenvalue weighted by atomic mass is 10.1. The Balaban J connectivity index is 1.69. The molecule has 9 heteroatoms. The maximum atomic E-state index is 13.3. The predicted molar refractivity (Wildman–Crippen MR) is 122 cm³/mol. The molecule has 0 atom stereocenters. The summed E-state index contributed by atoms with van der Waals surface area (Å²) >= 11 is 1.51. The molecule has 2 aromatic carbocycles. The van der Waals surface area contributed by atoms with Crippen LogP contribution in [0.4, 0.5) is 11.5 Å². The van der Waals surface area contributed by atoms with Crippen LogP contribution in [0.5, 0.6) is 0 Å². The van der Waals surface area contributed by atoms with Crippen molar-refractivity contribution in [3.05, 3.63) is 71.1 Å². The van der Waals surface area contributed by atoms with Crippen LogP contribution in [0, 0.1) is 6.92 Å². The van der Waals surface area contributed by atoms with Crippen molar-refractivity contribution < 1.29 is 8.42 Å². The molecule has 0 fully saturated rings. The van der Waals surface area contributed by atoms with Crippen molar-refractivity contribution >= 4 is 48.5 Å². The van der Waals surface area contributed by atoms with Gasteiger partial charge in [0.1, 0.15) is 0 Å². The van der Waals surface area contributed by atoms with Gasteiger partial charge in [0.15, 0.2) is 11.5 Å². The van der Waals surface area contributed by atoms with Crippen LogP contribution >= 0.6 is 11.3 Å². The van der Waals surface area contributed by atoms with Crippen LogP contribution in [0.1, 0.15) is 18.1 Å². The highest BCUT2D eigenvalue weighted by molar-refractivity contribution is 7.91. The molecule has 0 radical (unpaired) electrons. The fourth-order valence-electron chi connectivity index (χ4n) is 3.42. The Morgan fingerprint density at radius 2 is 1.90 bits per heavy atom. The van der Waals surface area contributed by atoms with Crippen molar-refractivity contribution in [3.8, 4) is 0 Å². The minimum absolute atomic E-state index is 0.158. The van der Waals surface area contributed by atoms with E-state index in [2.05, 4.69) is 39.7 Å². The molecule has 0 aliphatic rings. The second-order valence-electron chi connectivity index (χ2n) is 7.22. The number of aryl methyl sites for hydroxylation is 2. The normalized spacial score (nSPS) is 11.9. The summed E-state index contributed by atoms with van der Waals surface area (Å²) in [5.74, 6) is 0.577. The summed E-state index contributed by atoms with van der Waals surface area (Å²) < 4.78 is 28.9. The van der Waals surface area contributed by atoms with Crippen molar-refractivity contribution in [2.45, 2.75) is 30.2 Å². The molecule has 0 saturated carbocycles. The van der Waals surface area contributed by atoms with Gasteiger partial charge >= 0.3 is 0 Å². The van der Waals surface area contributed by atoms with Crippen LogP contribution in [0.25, 0.3) is 15.9 Å². The zero-order valence-corrected chi connectivity index (χ0v) is 18.5. The fraction of sp³-hybridized carbons (Fsp3) is 0.136. The number of benzene rings is 2. The first kappa shape index (κ1) is 19.7. The molecule has 31 heavy (non-hydrogen) atoms. The quantitative estimate of drug-likeness (QED) is 0.415. The first-order valence-corrected chi connectivity index (χ1v) is 12.1. The van der Waals surface area contributed by atoms with E-state index in [1.165, 1.54) is 21.4 Å². The third kappa shape index (κ3) is 3.35. The largest absolute Gasteiger partial charge is 0.339 e. The molecule has 0 saturated heterocycles. The maximum absolute atomic E-state index is 13.3. The van der Waals surface area contributed by atoms with Crippen molar-refractivity contribution in [1.82, 2.24) is 19.8 Å². The number of nitrogens with zero attached hydrogens (tertiary/aromatic N) is 4. The molecule has 1 N–H and O–H groups in total. The minimum Gasteiger partial charge on any atom is -0.339 e. The van der Waals surface area contributed by atoms with Crippen molar-refractivity contribution in [2.75, 3.05) is 5.32 Å². The maximum Gasteiger partial charge on any atom is 0.229 e. The lowest BCUT2D eigenvalue weighted by Crippen LogP contribution is -2.05. The number of aromatic nitrogens is 4. The van der Waals surface area contributed by atoms with E-state index in [0.29, 0.717) is 5.82 Å². The Labute approximate surface area is 183 Å². The number of anilines is 2. The van der Waals surface area contributed by atoms with Crippen LogP contribution in [0.2, 0.25) is 0 Å². The molecule has 5 rings (SSSR count). The number of fused-ring (bicyclic) bond motifs is 3. The van der Waals surface area contributed by atoms with Gasteiger partial charge in [0, 0.05) is 5.69 Å². The van der Waals surface area contributed by atoms with Crippen molar-refractivity contribution in [1.29, 1.82) is 0 Å². The highest BCUT2D eigenvalue weighted by Crippen LogP contribution is 2.32. The van der Waals surface area contributed by atoms with Crippen LogP contribution in [0.15, 0.2) is 69.9 Å². The molecule has 3 aromatic heterocycles. The Morgan fingerprint density at radius 1 is 1.10 bits per heavy atom. The fourth-order valence-corrected chi connectivity index (χ4v) is 5.47. The summed E-state index contributed by atoms with van der Waals surface area (Å²) in [5, 5.41) is 13.2. The van der Waals surface area contributed by atoms with E-state index in [1.807, 2.05) is 30.5 Å². The van der Waals surface area contributed by atoms with Crippen molar-refractivity contribution in [2.24, 2.45) is 0 Å². The summed E-state index contributed by atoms with van der Waals surface area (Å²) in [6.45, 7) is 4.01. The number of rotatable bonds is 5. The summed E-state index contributed by atoms with van der Waals surface area (Å²) in [6, 6.07) is 16.6. The standard InChI is InChI=1S/C22H19N5O2S2/c1-3-15-5-4-6-16(13-15)23-20-19-18(11-12-30-19)27-21(24-20)22(25-26-27)31(28,29)17-9-7-14(2)8-10-17/h4-13H,3H2,1-2H3,(H,23,24). The van der Waals surface area contributed by atoms with Crippen LogP contribution in [0.3, 0.4) is 0 Å². The molecule has 156 valence electrons. The van der Waals surface area contributed by atoms with Gasteiger partial charge in [-0.15, -0.1) is 16.4 Å². The molecule has 0 amide bonds. The number of hydrogen-bond acceptors (Lipinski definition) is 7. The second kappa shape index (κ2) is 7.44. The number of thiophene rings is 1. The smallest absolute Gasteiger partial charge is 0.229 e. The molecule has 0 bridgehead atoms. The van der Waals surface area contributed by atoms with Crippen LogP contribution < -0.4 is 5.32 Å². The van der Waals surface area contributed by atoms with E-state index < -0.39 is 9.84 Å². The molecule has 0 spiro atoms. The van der Waals surface area contributed by atoms with E-state index in [4.69, 9.17) is 0 Å². The lowest BCUT2D eigenvalue weighted by molar-refractivity contribution is 0.592. The first-order chi connectivity index (χ1) is 15.0. The monoisotopic (exact) mass is 449 g/mol. The van der Waals surface area contributed by atoms with E-state index in [9.17, 15) is 8.42 Å². The Morgan fingerprint density at radius 3 is 2.68 bits per heavy atom. The number of nitrogens with one attached hydrogen (secondary N) is 1. The Bertz CT molecular complexity index is 1520. The minimum atomic E-state index is -3.87. The van der Waals surface area contributed by atoms with Gasteiger partial charge < -0.3 is 5.32 Å². The van der Waals surface area contributed by atoms with Gasteiger partial charge in [0.2, 0.25) is 14.9 Å². The van der Waals surface area contributed by atoms with Gasteiger partial charge in [0.05, 0.1) is 15.1 Å². The van der Waals surface area contributed by atoms with Gasteiger partial charge in [-0.05, 0) is 54.6 Å². The van der Waals surface area contributed by atoms with E-state index in [-0.39, 0.29) is 15.6 Å². The third-order valence-corrected chi connectivity index (χ3v) is 7.68. The highest BCUT2D eigenvalue weighted by atomic mass is 32.2. The van der Waals surface area contributed by atoms with E-state index in [1.54, 1.807) is 24.3 Å². The summed E-state index contributed by atoms with van der Waals surface area (Å²) in [7, 11) is -3.87. The second-order valence-corrected chi connectivity index (χ2v) is 10.0. The molecular weight excluding hydrogens is 430 g/mol. The average molecular weight is 450 g/mol. The highest BCUT2D eigenvalue weighted by Gasteiger charge is 2.27. The molecule has 7 nitrogen and oxygen atoms in total. The average Bonchev–Trinajstić information content (AvgIpc) is 3.41. The Kier molecular flexibility index (Phi) is 4.71. The van der Waals surface area contributed by atoms with Crippen LogP contribution in [-0.2, 0) is 16.3 Å². The number of sulfone groups is 1. The molecule has 5 aromatic rings. The summed E-state index contributed by atoms with van der Waals surface area (Å²) in [4.78, 5) is 4.82. The van der Waals surface area contributed by atoms with Gasteiger partial charge in [-0.2, -0.15) is 4.52 Å². The van der Waals surface area contributed by atoms with Crippen LogP contribution in [-0.4, -0.2) is 28.2 Å². The predicted octanol–water partition coefficient (Wildman–Crippen LogP) is 4.79. The van der Waals surface area contributed by atoms with Gasteiger partial charge in [-0.1, -0.05) is 42.0 Å². The Hall–Kier alpha value is -3.30. The zero-order valence-electron chi connectivity index (χ0n) is 16.9. The van der Waals surface area contributed by atoms with Gasteiger partial charge in [-0.25, -0.2) is 13.4 Å².